The molecule has 5 aliphatic rings. The van der Waals surface area contributed by atoms with E-state index in [2.05, 4.69) is 4.90 Å². The average Bonchev–Trinajstić information content (AvgIpc) is 3.32. The second kappa shape index (κ2) is 12.0. The van der Waals surface area contributed by atoms with E-state index in [-0.39, 0.29) is 12.2 Å². The minimum Gasteiger partial charge on any atom is -0.485 e. The van der Waals surface area contributed by atoms with Gasteiger partial charge in [-0.3, -0.25) is 0 Å². The number of carboxylic acid groups (broad SMARTS) is 2. The number of hydrogen-bond donors (Lipinski definition) is 8. The molecule has 4 heterocycles. The van der Waals surface area contributed by atoms with Gasteiger partial charge in [-0.2, -0.15) is 0 Å². The summed E-state index contributed by atoms with van der Waals surface area (Å²) in [5, 5.41) is 80.5. The standard InChI is InChI=1S/C29H37NO15/c1-30-8-2-6-29-7-5-12(41-27-20(35)16(31)18(33)23(44-27)25(37)38)9-14(29)43-22-13(4-3-11(10-30)15(22)29)42-28-21(36)17(32)19(34)24(45-28)26(39)40/h3-5,7,12,14,16-21,23-24,27-28,31-36H,2,6,8-10H2,1H3,(H,37,38)(H,39,40)/t12-,14-,16+,17+,18+,19+,20-,21-,23+,24+,27-,28-,29+/m0/s1. The fourth-order valence-corrected chi connectivity index (χ4v) is 6.98. The maximum absolute atomic E-state index is 11.6. The van der Waals surface area contributed by atoms with Crippen LogP contribution in [0.4, 0.5) is 0 Å². The number of aliphatic hydroxyl groups is 6. The van der Waals surface area contributed by atoms with Crippen molar-refractivity contribution >= 4 is 11.9 Å². The molecule has 2 saturated heterocycles. The Hall–Kier alpha value is -2.90. The lowest BCUT2D eigenvalue weighted by Gasteiger charge is -2.42. The highest BCUT2D eigenvalue weighted by Crippen LogP contribution is 2.56. The van der Waals surface area contributed by atoms with Gasteiger partial charge in [-0.1, -0.05) is 18.2 Å². The van der Waals surface area contributed by atoms with Gasteiger partial charge in [0, 0.05) is 18.5 Å². The van der Waals surface area contributed by atoms with Crippen molar-refractivity contribution in [3.63, 3.8) is 0 Å². The van der Waals surface area contributed by atoms with Crippen LogP contribution >= 0.6 is 0 Å². The van der Waals surface area contributed by atoms with Crippen molar-refractivity contribution in [2.45, 2.75) is 105 Å². The van der Waals surface area contributed by atoms with Crippen LogP contribution in [0.2, 0.25) is 0 Å². The number of rotatable bonds is 6. The second-order valence-corrected chi connectivity index (χ2v) is 12.3. The predicted molar refractivity (Wildman–Crippen MR) is 146 cm³/mol. The van der Waals surface area contributed by atoms with Crippen molar-refractivity contribution in [3.8, 4) is 11.5 Å². The largest absolute Gasteiger partial charge is 0.485 e. The zero-order valence-corrected chi connectivity index (χ0v) is 24.2. The summed E-state index contributed by atoms with van der Waals surface area (Å²) in [7, 11) is 1.98. The topological polar surface area (TPSA) is 245 Å². The van der Waals surface area contributed by atoms with E-state index in [9.17, 15) is 50.4 Å². The van der Waals surface area contributed by atoms with Gasteiger partial charge in [0.1, 0.15) is 42.7 Å². The average molecular weight is 640 g/mol. The number of ether oxygens (including phenoxy) is 5. The Balaban J connectivity index is 1.29. The van der Waals surface area contributed by atoms with E-state index in [1.54, 1.807) is 12.1 Å². The zero-order valence-electron chi connectivity index (χ0n) is 24.2. The summed E-state index contributed by atoms with van der Waals surface area (Å²) < 4.78 is 29.0. The second-order valence-electron chi connectivity index (χ2n) is 12.3. The van der Waals surface area contributed by atoms with Crippen molar-refractivity contribution in [1.29, 1.82) is 0 Å². The Morgan fingerprint density at radius 3 is 2.16 bits per heavy atom. The highest BCUT2D eigenvalue weighted by atomic mass is 16.7. The van der Waals surface area contributed by atoms with Crippen LogP contribution in [0.3, 0.4) is 0 Å². The number of carboxylic acids is 2. The molecule has 8 N–H and O–H groups in total. The first-order valence-electron chi connectivity index (χ1n) is 14.7. The predicted octanol–water partition coefficient (Wildman–Crippen LogP) is -2.58. The molecule has 13 atom stereocenters. The smallest absolute Gasteiger partial charge is 0.335 e. The third kappa shape index (κ3) is 5.48. The van der Waals surface area contributed by atoms with E-state index in [4.69, 9.17) is 23.7 Å². The van der Waals surface area contributed by atoms with Gasteiger partial charge in [0.2, 0.25) is 6.29 Å². The molecule has 248 valence electrons. The van der Waals surface area contributed by atoms with Crippen molar-refractivity contribution in [2.75, 3.05) is 13.6 Å². The Morgan fingerprint density at radius 1 is 0.889 bits per heavy atom. The van der Waals surface area contributed by atoms with Gasteiger partial charge in [-0.05, 0) is 38.1 Å². The van der Waals surface area contributed by atoms with Crippen LogP contribution in [0.5, 0.6) is 11.5 Å². The van der Waals surface area contributed by atoms with Crippen molar-refractivity contribution in [2.24, 2.45) is 0 Å². The molecule has 1 aromatic carbocycles. The maximum atomic E-state index is 11.6. The lowest BCUT2D eigenvalue weighted by atomic mass is 9.67. The quantitative estimate of drug-likeness (QED) is 0.149. The number of aliphatic hydroxyl groups excluding tert-OH is 6. The summed E-state index contributed by atoms with van der Waals surface area (Å²) in [6.45, 7) is 1.37. The molecule has 0 unspecified atom stereocenters. The molecule has 0 amide bonds. The molecular formula is C29H37NO15. The minimum absolute atomic E-state index is 0.112. The summed E-state index contributed by atoms with van der Waals surface area (Å²) in [6.07, 6.45) is -13.8. The van der Waals surface area contributed by atoms with Gasteiger partial charge in [0.15, 0.2) is 30.0 Å². The van der Waals surface area contributed by atoms with E-state index in [1.165, 1.54) is 0 Å². The molecule has 0 saturated carbocycles. The fraction of sp³-hybridized carbons (Fsp3) is 0.655. The minimum atomic E-state index is -1.88. The Morgan fingerprint density at radius 2 is 1.51 bits per heavy atom. The summed E-state index contributed by atoms with van der Waals surface area (Å²) in [5.41, 5.74) is 1.08. The molecule has 16 heteroatoms. The van der Waals surface area contributed by atoms with Crippen molar-refractivity contribution in [1.82, 2.24) is 4.90 Å². The number of carbonyl (C=O) groups is 2. The number of nitrogens with zero attached hydrogens (tertiary/aromatic N) is 1. The first kappa shape index (κ1) is 32.1. The van der Waals surface area contributed by atoms with Crippen LogP contribution in [0.1, 0.15) is 30.4 Å². The van der Waals surface area contributed by atoms with Crippen molar-refractivity contribution < 1.29 is 74.1 Å². The number of hydrogen-bond acceptors (Lipinski definition) is 14. The summed E-state index contributed by atoms with van der Waals surface area (Å²) in [4.78, 5) is 25.3. The molecule has 45 heavy (non-hydrogen) atoms. The number of aliphatic carboxylic acids is 2. The van der Waals surface area contributed by atoms with E-state index in [1.807, 2.05) is 19.2 Å². The summed E-state index contributed by atoms with van der Waals surface area (Å²) in [6, 6.07) is 3.43. The molecule has 0 bridgehead atoms. The highest BCUT2D eigenvalue weighted by molar-refractivity contribution is 5.74. The van der Waals surface area contributed by atoms with Crippen LogP contribution in [0.25, 0.3) is 0 Å². The summed E-state index contributed by atoms with van der Waals surface area (Å²) >= 11 is 0. The van der Waals surface area contributed by atoms with E-state index in [0.717, 1.165) is 24.1 Å². The Bertz CT molecular complexity index is 1340. The molecule has 0 radical (unpaired) electrons. The first-order valence-corrected chi connectivity index (χ1v) is 14.7. The monoisotopic (exact) mass is 639 g/mol. The maximum Gasteiger partial charge on any atom is 0.335 e. The van der Waals surface area contributed by atoms with E-state index >= 15 is 0 Å². The first-order chi connectivity index (χ1) is 21.3. The third-order valence-corrected chi connectivity index (χ3v) is 9.31. The van der Waals surface area contributed by atoms with Gasteiger partial charge in [0.05, 0.1) is 11.5 Å². The van der Waals surface area contributed by atoms with Crippen LogP contribution in [0.15, 0.2) is 24.3 Å². The fourth-order valence-electron chi connectivity index (χ4n) is 6.98. The van der Waals surface area contributed by atoms with Crippen LogP contribution in [-0.4, -0.2) is 145 Å². The molecule has 1 aromatic rings. The molecule has 16 nitrogen and oxygen atoms in total. The number of benzene rings is 1. The van der Waals surface area contributed by atoms with Gasteiger partial charge in [0.25, 0.3) is 0 Å². The molecule has 2 fully saturated rings. The van der Waals surface area contributed by atoms with Crippen LogP contribution < -0.4 is 9.47 Å². The molecule has 6 rings (SSSR count). The molecule has 1 spiro atoms. The van der Waals surface area contributed by atoms with Gasteiger partial charge < -0.3 is 69.4 Å². The highest BCUT2D eigenvalue weighted by Gasteiger charge is 2.55. The molecular weight excluding hydrogens is 602 g/mol. The van der Waals surface area contributed by atoms with E-state index in [0.29, 0.717) is 18.7 Å². The zero-order chi connectivity index (χ0) is 32.4. The summed E-state index contributed by atoms with van der Waals surface area (Å²) in [5.74, 6) is -2.65. The van der Waals surface area contributed by atoms with E-state index < -0.39 is 91.0 Å². The Labute approximate surface area is 256 Å². The SMILES string of the molecule is CN1CCC[C@@]23C=C[C@H](O[C@H]4O[C@@H](C(=O)O)[C@H](O)[C@@H](O)[C@@H]4O)C[C@@H]2Oc2c(O[C@H]4O[C@@H](C(=O)O)[C@H](O)[C@@H](O)[C@@H]4O)ccc(c23)C1. The third-order valence-electron chi connectivity index (χ3n) is 9.31. The van der Waals surface area contributed by atoms with Gasteiger partial charge in [-0.15, -0.1) is 0 Å². The van der Waals surface area contributed by atoms with Gasteiger partial charge >= 0.3 is 11.9 Å². The lowest BCUT2D eigenvalue weighted by Crippen LogP contribution is -2.61. The molecule has 0 aromatic heterocycles. The lowest BCUT2D eigenvalue weighted by molar-refractivity contribution is -0.302. The van der Waals surface area contributed by atoms with Crippen LogP contribution in [-0.2, 0) is 35.8 Å². The Kier molecular flexibility index (Phi) is 8.57. The van der Waals surface area contributed by atoms with Gasteiger partial charge in [-0.25, -0.2) is 9.59 Å². The van der Waals surface area contributed by atoms with Crippen molar-refractivity contribution in [3.05, 3.63) is 35.4 Å². The normalized spacial score (nSPS) is 42.9. The molecule has 1 aliphatic carbocycles. The molecule has 4 aliphatic heterocycles. The van der Waals surface area contributed by atoms with Crippen LogP contribution in [0, 0.1) is 0 Å².